The molecule has 1 heterocycles. The summed E-state index contributed by atoms with van der Waals surface area (Å²) in [6.45, 7) is 0. The minimum atomic E-state index is -0.223. The average molecular weight is 327 g/mol. The first kappa shape index (κ1) is 16.4. The van der Waals surface area contributed by atoms with Crippen LogP contribution < -0.4 is 10.1 Å². The predicted octanol–water partition coefficient (Wildman–Crippen LogP) is 2.19. The molecule has 2 aromatic rings. The van der Waals surface area contributed by atoms with Gasteiger partial charge in [0.05, 0.1) is 13.2 Å². The number of benzene rings is 1. The fourth-order valence-corrected chi connectivity index (χ4v) is 2.94. The molecule has 6 heteroatoms. The van der Waals surface area contributed by atoms with Crippen molar-refractivity contribution in [3.05, 3.63) is 42.2 Å². The van der Waals surface area contributed by atoms with Gasteiger partial charge in [0.1, 0.15) is 5.69 Å². The average Bonchev–Trinajstić information content (AvgIpc) is 2.63. The van der Waals surface area contributed by atoms with Crippen molar-refractivity contribution < 1.29 is 14.6 Å². The van der Waals surface area contributed by atoms with Crippen LogP contribution in [-0.4, -0.2) is 40.2 Å². The van der Waals surface area contributed by atoms with Gasteiger partial charge in [0, 0.05) is 29.6 Å². The molecule has 1 aromatic heterocycles. The first-order valence-corrected chi connectivity index (χ1v) is 8.11. The van der Waals surface area contributed by atoms with E-state index in [9.17, 15) is 9.90 Å². The Bertz CT molecular complexity index is 695. The van der Waals surface area contributed by atoms with Crippen molar-refractivity contribution in [2.45, 2.75) is 37.8 Å². The minimum absolute atomic E-state index is 0.0888. The van der Waals surface area contributed by atoms with Gasteiger partial charge < -0.3 is 15.2 Å². The van der Waals surface area contributed by atoms with E-state index < -0.39 is 0 Å². The van der Waals surface area contributed by atoms with Crippen LogP contribution in [0.25, 0.3) is 11.3 Å². The highest BCUT2D eigenvalue weighted by Crippen LogP contribution is 2.25. The smallest absolute Gasteiger partial charge is 0.251 e. The molecule has 1 aromatic carbocycles. The summed E-state index contributed by atoms with van der Waals surface area (Å²) < 4.78 is 5.21. The van der Waals surface area contributed by atoms with Crippen molar-refractivity contribution in [1.82, 2.24) is 15.3 Å². The fourth-order valence-electron chi connectivity index (χ4n) is 2.94. The highest BCUT2D eigenvalue weighted by atomic mass is 16.5. The number of aliphatic hydroxyl groups is 1. The Morgan fingerprint density at radius 3 is 2.46 bits per heavy atom. The lowest BCUT2D eigenvalue weighted by atomic mass is 9.93. The van der Waals surface area contributed by atoms with Gasteiger partial charge in [0.25, 0.3) is 5.91 Å². The van der Waals surface area contributed by atoms with Crippen molar-refractivity contribution in [3.8, 4) is 17.1 Å². The van der Waals surface area contributed by atoms with E-state index in [0.717, 1.165) is 31.2 Å². The standard InChI is InChI=1S/C18H21N3O3/c1-24-18-16(19-10-11-20-18)12-2-4-13(5-3-12)17(23)21-14-6-8-15(22)9-7-14/h2-5,10-11,14-15,22H,6-9H2,1H3,(H,21,23). The molecule has 0 bridgehead atoms. The maximum Gasteiger partial charge on any atom is 0.251 e. The van der Waals surface area contributed by atoms with Gasteiger partial charge >= 0.3 is 0 Å². The zero-order chi connectivity index (χ0) is 16.9. The second-order valence-corrected chi connectivity index (χ2v) is 5.97. The van der Waals surface area contributed by atoms with Crippen molar-refractivity contribution >= 4 is 5.91 Å². The molecule has 2 N–H and O–H groups in total. The highest BCUT2D eigenvalue weighted by molar-refractivity contribution is 5.94. The van der Waals surface area contributed by atoms with Crippen LogP contribution in [0, 0.1) is 0 Å². The van der Waals surface area contributed by atoms with Gasteiger partial charge in [0.2, 0.25) is 5.88 Å². The largest absolute Gasteiger partial charge is 0.479 e. The number of carbonyl (C=O) groups is 1. The van der Waals surface area contributed by atoms with Crippen molar-refractivity contribution in [1.29, 1.82) is 0 Å². The maximum atomic E-state index is 12.3. The van der Waals surface area contributed by atoms with Crippen LogP contribution in [0.2, 0.25) is 0 Å². The third-order valence-electron chi connectivity index (χ3n) is 4.31. The molecule has 1 aliphatic carbocycles. The Morgan fingerprint density at radius 2 is 1.79 bits per heavy atom. The van der Waals surface area contributed by atoms with Crippen molar-refractivity contribution in [3.63, 3.8) is 0 Å². The molecule has 0 saturated heterocycles. The monoisotopic (exact) mass is 327 g/mol. The van der Waals surface area contributed by atoms with Gasteiger partial charge in [-0.05, 0) is 37.8 Å². The SMILES string of the molecule is COc1nccnc1-c1ccc(C(=O)NC2CCC(O)CC2)cc1. The molecule has 126 valence electrons. The topological polar surface area (TPSA) is 84.3 Å². The molecule has 0 spiro atoms. The van der Waals surface area contributed by atoms with Gasteiger partial charge in [0.15, 0.2) is 0 Å². The van der Waals surface area contributed by atoms with Gasteiger partial charge in [-0.2, -0.15) is 0 Å². The van der Waals surface area contributed by atoms with E-state index in [-0.39, 0.29) is 18.1 Å². The summed E-state index contributed by atoms with van der Waals surface area (Å²) in [6.07, 6.45) is 6.09. The number of rotatable bonds is 4. The van der Waals surface area contributed by atoms with Crippen LogP contribution in [0.1, 0.15) is 36.0 Å². The summed E-state index contributed by atoms with van der Waals surface area (Å²) in [5.74, 6) is 0.365. The second kappa shape index (κ2) is 7.40. The molecular weight excluding hydrogens is 306 g/mol. The number of amides is 1. The van der Waals surface area contributed by atoms with E-state index in [1.165, 1.54) is 0 Å². The molecule has 1 aliphatic rings. The lowest BCUT2D eigenvalue weighted by molar-refractivity contribution is 0.0867. The van der Waals surface area contributed by atoms with E-state index >= 15 is 0 Å². The summed E-state index contributed by atoms with van der Waals surface area (Å²) in [5, 5.41) is 12.6. The summed E-state index contributed by atoms with van der Waals surface area (Å²) in [5.41, 5.74) is 2.10. The zero-order valence-corrected chi connectivity index (χ0v) is 13.6. The third-order valence-corrected chi connectivity index (χ3v) is 4.31. The number of methoxy groups -OCH3 is 1. The number of carbonyl (C=O) groups excluding carboxylic acids is 1. The Hall–Kier alpha value is -2.47. The molecule has 24 heavy (non-hydrogen) atoms. The first-order valence-electron chi connectivity index (χ1n) is 8.11. The summed E-state index contributed by atoms with van der Waals surface area (Å²) >= 11 is 0. The second-order valence-electron chi connectivity index (χ2n) is 5.97. The molecule has 0 radical (unpaired) electrons. The molecular formula is C18H21N3O3. The van der Waals surface area contributed by atoms with Crippen LogP contribution in [0.15, 0.2) is 36.7 Å². The quantitative estimate of drug-likeness (QED) is 0.899. The van der Waals surface area contributed by atoms with Gasteiger partial charge in [-0.3, -0.25) is 4.79 Å². The predicted molar refractivity (Wildman–Crippen MR) is 89.7 cm³/mol. The summed E-state index contributed by atoms with van der Waals surface area (Å²) in [6, 6.07) is 7.37. The number of aliphatic hydroxyl groups excluding tert-OH is 1. The van der Waals surface area contributed by atoms with Crippen molar-refractivity contribution in [2.24, 2.45) is 0 Å². The molecule has 1 fully saturated rings. The minimum Gasteiger partial charge on any atom is -0.479 e. The molecule has 3 rings (SSSR count). The van der Waals surface area contributed by atoms with E-state index in [4.69, 9.17) is 4.74 Å². The highest BCUT2D eigenvalue weighted by Gasteiger charge is 2.21. The van der Waals surface area contributed by atoms with Crippen LogP contribution in [0.4, 0.5) is 0 Å². The normalized spacial score (nSPS) is 20.4. The van der Waals surface area contributed by atoms with E-state index in [2.05, 4.69) is 15.3 Å². The molecule has 0 unspecified atom stereocenters. The number of ether oxygens (including phenoxy) is 1. The maximum absolute atomic E-state index is 12.3. The molecule has 1 saturated carbocycles. The molecule has 0 aliphatic heterocycles. The number of aromatic nitrogens is 2. The van der Waals surface area contributed by atoms with Gasteiger partial charge in [-0.1, -0.05) is 12.1 Å². The fraction of sp³-hybridized carbons (Fsp3) is 0.389. The Balaban J connectivity index is 1.69. The number of hydrogen-bond acceptors (Lipinski definition) is 5. The Kier molecular flexibility index (Phi) is 5.05. The molecule has 6 nitrogen and oxygen atoms in total. The lowest BCUT2D eigenvalue weighted by Gasteiger charge is -2.26. The number of nitrogens with zero attached hydrogens (tertiary/aromatic N) is 2. The van der Waals surface area contributed by atoms with E-state index in [1.807, 2.05) is 12.1 Å². The Labute approximate surface area is 140 Å². The van der Waals surface area contributed by atoms with Gasteiger partial charge in [-0.25, -0.2) is 9.97 Å². The number of nitrogens with one attached hydrogen (secondary N) is 1. The van der Waals surface area contributed by atoms with Crippen LogP contribution in [-0.2, 0) is 0 Å². The van der Waals surface area contributed by atoms with E-state index in [1.54, 1.807) is 31.6 Å². The molecule has 0 atom stereocenters. The van der Waals surface area contributed by atoms with Crippen LogP contribution in [0.3, 0.4) is 0 Å². The first-order chi connectivity index (χ1) is 11.7. The Morgan fingerprint density at radius 1 is 1.12 bits per heavy atom. The number of hydrogen-bond donors (Lipinski definition) is 2. The zero-order valence-electron chi connectivity index (χ0n) is 13.6. The molecule has 1 amide bonds. The van der Waals surface area contributed by atoms with Gasteiger partial charge in [-0.15, -0.1) is 0 Å². The third kappa shape index (κ3) is 3.71. The lowest BCUT2D eigenvalue weighted by Crippen LogP contribution is -2.38. The summed E-state index contributed by atoms with van der Waals surface area (Å²) in [7, 11) is 1.55. The van der Waals surface area contributed by atoms with Crippen LogP contribution in [0.5, 0.6) is 5.88 Å². The van der Waals surface area contributed by atoms with Crippen LogP contribution >= 0.6 is 0 Å². The van der Waals surface area contributed by atoms with Crippen molar-refractivity contribution in [2.75, 3.05) is 7.11 Å². The van der Waals surface area contributed by atoms with E-state index in [0.29, 0.717) is 17.1 Å². The summed E-state index contributed by atoms with van der Waals surface area (Å²) in [4.78, 5) is 20.8.